The van der Waals surface area contributed by atoms with Crippen molar-refractivity contribution in [2.45, 2.75) is 6.42 Å². The molecule has 0 unspecified atom stereocenters. The number of aliphatic hydroxyl groups excluding tert-OH is 1. The van der Waals surface area contributed by atoms with Gasteiger partial charge in [0.2, 0.25) is 0 Å². The number of pyridine rings is 1. The van der Waals surface area contributed by atoms with E-state index in [1.54, 1.807) is 12.1 Å². The first-order valence-corrected chi connectivity index (χ1v) is 8.76. The number of rotatable bonds is 4. The molecule has 1 aromatic heterocycles. The quantitative estimate of drug-likeness (QED) is 0.848. The fourth-order valence-corrected chi connectivity index (χ4v) is 3.67. The third kappa shape index (κ3) is 4.54. The van der Waals surface area contributed by atoms with Crippen LogP contribution in [-0.4, -0.2) is 78.3 Å². The molecule has 2 atom stereocenters. The molecule has 2 fully saturated rings. The summed E-state index contributed by atoms with van der Waals surface area (Å²) in [4.78, 5) is 21.0. The smallest absolute Gasteiger partial charge is 0.255 e. The molecule has 7 nitrogen and oxygen atoms in total. The molecule has 2 aliphatic heterocycles. The lowest BCUT2D eigenvalue weighted by molar-refractivity contribution is 0.0130. The number of carbonyl (C=O) groups excluding carboxylic acids is 1. The van der Waals surface area contributed by atoms with E-state index in [1.165, 1.54) is 6.20 Å². The van der Waals surface area contributed by atoms with Crippen molar-refractivity contribution in [3.8, 4) is 6.07 Å². The number of ether oxygens (including phenoxy) is 1. The second-order valence-corrected chi connectivity index (χ2v) is 6.82. The Morgan fingerprint density at radius 3 is 2.72 bits per heavy atom. The number of amides is 1. The SMILES string of the molecule is N#Cc1ccc(C(=O)N2C[C@@H](CO)C[C@@H](CN3CCOCC3)C2)cn1. The molecule has 3 heterocycles. The molecule has 1 amide bonds. The summed E-state index contributed by atoms with van der Waals surface area (Å²) < 4.78 is 5.39. The average molecular weight is 344 g/mol. The van der Waals surface area contributed by atoms with Gasteiger partial charge >= 0.3 is 0 Å². The predicted molar refractivity (Wildman–Crippen MR) is 90.8 cm³/mol. The monoisotopic (exact) mass is 344 g/mol. The van der Waals surface area contributed by atoms with Crippen LogP contribution in [0, 0.1) is 23.2 Å². The Hall–Kier alpha value is -2.01. The van der Waals surface area contributed by atoms with Gasteiger partial charge in [0, 0.05) is 45.5 Å². The first-order valence-electron chi connectivity index (χ1n) is 8.76. The molecule has 25 heavy (non-hydrogen) atoms. The molecule has 0 aliphatic carbocycles. The molecule has 0 spiro atoms. The molecule has 1 N–H and O–H groups in total. The summed E-state index contributed by atoms with van der Waals surface area (Å²) in [6.07, 6.45) is 2.39. The Bertz CT molecular complexity index is 622. The zero-order chi connectivity index (χ0) is 17.6. The molecule has 7 heteroatoms. The van der Waals surface area contributed by atoms with Crippen LogP contribution in [0.15, 0.2) is 18.3 Å². The van der Waals surface area contributed by atoms with Crippen molar-refractivity contribution in [3.05, 3.63) is 29.6 Å². The van der Waals surface area contributed by atoms with E-state index in [-0.39, 0.29) is 18.4 Å². The highest BCUT2D eigenvalue weighted by molar-refractivity contribution is 5.94. The Balaban J connectivity index is 1.66. The third-order valence-corrected chi connectivity index (χ3v) is 4.91. The molecule has 2 saturated heterocycles. The van der Waals surface area contributed by atoms with E-state index in [4.69, 9.17) is 10.00 Å². The zero-order valence-electron chi connectivity index (χ0n) is 14.3. The lowest BCUT2D eigenvalue weighted by Gasteiger charge is -2.40. The van der Waals surface area contributed by atoms with E-state index < -0.39 is 0 Å². The van der Waals surface area contributed by atoms with Gasteiger partial charge in [0.1, 0.15) is 11.8 Å². The number of likely N-dealkylation sites (tertiary alicyclic amines) is 1. The topological polar surface area (TPSA) is 89.7 Å². The summed E-state index contributed by atoms with van der Waals surface area (Å²) in [5.74, 6) is 0.372. The Morgan fingerprint density at radius 2 is 2.08 bits per heavy atom. The van der Waals surface area contributed by atoms with Crippen LogP contribution in [0.25, 0.3) is 0 Å². The van der Waals surface area contributed by atoms with Crippen LogP contribution in [0.5, 0.6) is 0 Å². The molecule has 0 saturated carbocycles. The highest BCUT2D eigenvalue weighted by atomic mass is 16.5. The fourth-order valence-electron chi connectivity index (χ4n) is 3.67. The number of piperidine rings is 1. The minimum atomic E-state index is -0.0814. The summed E-state index contributed by atoms with van der Waals surface area (Å²) in [5.41, 5.74) is 0.788. The molecule has 0 aromatic carbocycles. The minimum absolute atomic E-state index is 0.0814. The first kappa shape index (κ1) is 17.8. The van der Waals surface area contributed by atoms with Crippen molar-refractivity contribution in [2.24, 2.45) is 11.8 Å². The molecule has 3 rings (SSSR count). The van der Waals surface area contributed by atoms with Crippen molar-refractivity contribution >= 4 is 5.91 Å². The van der Waals surface area contributed by atoms with Crippen LogP contribution in [0.1, 0.15) is 22.5 Å². The van der Waals surface area contributed by atoms with Crippen molar-refractivity contribution in [1.29, 1.82) is 5.26 Å². The average Bonchev–Trinajstić information content (AvgIpc) is 2.68. The highest BCUT2D eigenvalue weighted by Gasteiger charge is 2.31. The zero-order valence-corrected chi connectivity index (χ0v) is 14.3. The summed E-state index contributed by atoms with van der Waals surface area (Å²) >= 11 is 0. The van der Waals surface area contributed by atoms with E-state index in [0.29, 0.717) is 30.3 Å². The minimum Gasteiger partial charge on any atom is -0.396 e. The van der Waals surface area contributed by atoms with Gasteiger partial charge in [-0.15, -0.1) is 0 Å². The second-order valence-electron chi connectivity index (χ2n) is 6.82. The molecule has 134 valence electrons. The van der Waals surface area contributed by atoms with E-state index >= 15 is 0 Å². The normalized spacial score (nSPS) is 24.7. The molecule has 1 aromatic rings. The van der Waals surface area contributed by atoms with E-state index in [9.17, 15) is 9.90 Å². The second kappa shape index (κ2) is 8.39. The summed E-state index contributed by atoms with van der Waals surface area (Å²) in [7, 11) is 0. The van der Waals surface area contributed by atoms with Crippen LogP contribution < -0.4 is 0 Å². The summed E-state index contributed by atoms with van der Waals surface area (Å²) in [6, 6.07) is 5.16. The highest BCUT2D eigenvalue weighted by Crippen LogP contribution is 2.24. The van der Waals surface area contributed by atoms with Gasteiger partial charge in [0.25, 0.3) is 5.91 Å². The number of hydrogen-bond acceptors (Lipinski definition) is 6. The fraction of sp³-hybridized carbons (Fsp3) is 0.611. The Kier molecular flexibility index (Phi) is 5.97. The van der Waals surface area contributed by atoms with Crippen LogP contribution >= 0.6 is 0 Å². The van der Waals surface area contributed by atoms with Crippen molar-refractivity contribution in [3.63, 3.8) is 0 Å². The standard InChI is InChI=1S/C18H24N4O3/c19-8-17-2-1-16(9-20-17)18(24)22-11-14(7-15(12-22)13-23)10-21-3-5-25-6-4-21/h1-2,9,14-15,23H,3-7,10-13H2/t14-,15-/m0/s1. The molecular weight excluding hydrogens is 320 g/mol. The first-order chi connectivity index (χ1) is 12.2. The molecule has 0 bridgehead atoms. The molecule has 0 radical (unpaired) electrons. The van der Waals surface area contributed by atoms with Gasteiger partial charge in [0.15, 0.2) is 0 Å². The Labute approximate surface area is 147 Å². The van der Waals surface area contributed by atoms with Crippen LogP contribution in [0.3, 0.4) is 0 Å². The number of nitriles is 1. The summed E-state index contributed by atoms with van der Waals surface area (Å²) in [6.45, 7) is 5.64. The molecule has 2 aliphatic rings. The van der Waals surface area contributed by atoms with E-state index in [1.807, 2.05) is 11.0 Å². The largest absolute Gasteiger partial charge is 0.396 e. The summed E-state index contributed by atoms with van der Waals surface area (Å²) in [5, 5.41) is 18.5. The maximum Gasteiger partial charge on any atom is 0.255 e. The van der Waals surface area contributed by atoms with Gasteiger partial charge in [0.05, 0.1) is 18.8 Å². The third-order valence-electron chi connectivity index (χ3n) is 4.91. The van der Waals surface area contributed by atoms with Crippen molar-refractivity contribution in [1.82, 2.24) is 14.8 Å². The van der Waals surface area contributed by atoms with Crippen LogP contribution in [0.4, 0.5) is 0 Å². The van der Waals surface area contributed by atoms with Crippen LogP contribution in [-0.2, 0) is 4.74 Å². The van der Waals surface area contributed by atoms with Gasteiger partial charge in [-0.25, -0.2) is 4.98 Å². The lowest BCUT2D eigenvalue weighted by atomic mass is 9.88. The van der Waals surface area contributed by atoms with Crippen molar-refractivity contribution in [2.75, 3.05) is 52.5 Å². The number of carbonyl (C=O) groups is 1. The number of nitrogens with zero attached hydrogens (tertiary/aromatic N) is 4. The van der Waals surface area contributed by atoms with Gasteiger partial charge < -0.3 is 14.7 Å². The lowest BCUT2D eigenvalue weighted by Crippen LogP contribution is -2.49. The van der Waals surface area contributed by atoms with E-state index in [2.05, 4.69) is 9.88 Å². The number of aromatic nitrogens is 1. The Morgan fingerprint density at radius 1 is 1.32 bits per heavy atom. The number of hydrogen-bond donors (Lipinski definition) is 1. The maximum absolute atomic E-state index is 12.8. The molecular formula is C18H24N4O3. The van der Waals surface area contributed by atoms with Gasteiger partial charge in [-0.2, -0.15) is 5.26 Å². The number of morpholine rings is 1. The number of aliphatic hydroxyl groups is 1. The van der Waals surface area contributed by atoms with Crippen LogP contribution in [0.2, 0.25) is 0 Å². The van der Waals surface area contributed by atoms with Gasteiger partial charge in [-0.1, -0.05) is 0 Å². The van der Waals surface area contributed by atoms with Gasteiger partial charge in [-0.3, -0.25) is 9.69 Å². The van der Waals surface area contributed by atoms with Crippen molar-refractivity contribution < 1.29 is 14.6 Å². The maximum atomic E-state index is 12.8. The predicted octanol–water partition coefficient (Wildman–Crippen LogP) is 0.356. The van der Waals surface area contributed by atoms with E-state index in [0.717, 1.165) is 39.3 Å². The van der Waals surface area contributed by atoms with Gasteiger partial charge in [-0.05, 0) is 30.4 Å².